The van der Waals surface area contributed by atoms with Crippen molar-refractivity contribution in [2.24, 2.45) is 0 Å². The van der Waals surface area contributed by atoms with E-state index in [1.54, 1.807) is 6.07 Å². The first-order valence-electron chi connectivity index (χ1n) is 4.71. The molecule has 92 valence electrons. The summed E-state index contributed by atoms with van der Waals surface area (Å²) in [6.45, 7) is -0.312. The van der Waals surface area contributed by atoms with Crippen molar-refractivity contribution < 1.29 is 19.6 Å². The summed E-state index contributed by atoms with van der Waals surface area (Å²) in [5.41, 5.74) is 0.0475. The molecule has 1 N–H and O–H groups in total. The van der Waals surface area contributed by atoms with Gasteiger partial charge in [0.25, 0.3) is 5.69 Å². The van der Waals surface area contributed by atoms with Gasteiger partial charge in [-0.2, -0.15) is 0 Å². The molecule has 0 saturated heterocycles. The first-order chi connectivity index (χ1) is 7.95. The van der Waals surface area contributed by atoms with Crippen LogP contribution in [0, 0.1) is 10.1 Å². The molecule has 17 heavy (non-hydrogen) atoms. The molecule has 1 aromatic rings. The van der Waals surface area contributed by atoms with E-state index in [0.29, 0.717) is 5.75 Å². The quantitative estimate of drug-likeness (QED) is 0.612. The maximum absolute atomic E-state index is 10.9. The van der Waals surface area contributed by atoms with Crippen LogP contribution < -0.4 is 9.64 Å². The molecule has 1 rings (SSSR count). The smallest absolute Gasteiger partial charge is 0.323 e. The molecule has 0 aliphatic rings. The molecule has 7 nitrogen and oxygen atoms in total. The molecule has 0 unspecified atom stereocenters. The van der Waals surface area contributed by atoms with Crippen molar-refractivity contribution in [2.45, 2.75) is 0 Å². The zero-order valence-electron chi connectivity index (χ0n) is 9.41. The largest absolute Gasteiger partial charge is 0.496 e. The number of aliphatic carboxylic acids is 1. The predicted octanol–water partition coefficient (Wildman–Crippen LogP) is 1.12. The van der Waals surface area contributed by atoms with Crippen molar-refractivity contribution in [2.75, 3.05) is 25.6 Å². The zero-order valence-corrected chi connectivity index (χ0v) is 9.41. The molecule has 0 fully saturated rings. The van der Waals surface area contributed by atoms with Crippen molar-refractivity contribution >= 4 is 17.3 Å². The molecule has 0 heterocycles. The van der Waals surface area contributed by atoms with Crippen molar-refractivity contribution in [3.05, 3.63) is 28.3 Å². The number of hydrogen-bond donors (Lipinski definition) is 1. The summed E-state index contributed by atoms with van der Waals surface area (Å²) in [6, 6.07) is 4.26. The molecule has 0 bridgehead atoms. The summed E-state index contributed by atoms with van der Waals surface area (Å²) in [5, 5.41) is 19.5. The second-order valence-electron chi connectivity index (χ2n) is 3.36. The van der Waals surface area contributed by atoms with Gasteiger partial charge in [-0.25, -0.2) is 0 Å². The highest BCUT2D eigenvalue weighted by molar-refractivity contribution is 5.76. The number of benzene rings is 1. The van der Waals surface area contributed by atoms with Crippen LogP contribution in [0.15, 0.2) is 18.2 Å². The summed E-state index contributed by atoms with van der Waals surface area (Å²) in [7, 11) is 2.88. The van der Waals surface area contributed by atoms with Crippen molar-refractivity contribution in [1.29, 1.82) is 0 Å². The number of methoxy groups -OCH3 is 1. The Kier molecular flexibility index (Phi) is 3.86. The third-order valence-electron chi connectivity index (χ3n) is 2.16. The van der Waals surface area contributed by atoms with E-state index in [4.69, 9.17) is 9.84 Å². The lowest BCUT2D eigenvalue weighted by molar-refractivity contribution is -0.384. The Balaban J connectivity index is 3.14. The number of hydrogen-bond acceptors (Lipinski definition) is 5. The van der Waals surface area contributed by atoms with Gasteiger partial charge in [0.1, 0.15) is 18.0 Å². The van der Waals surface area contributed by atoms with Gasteiger partial charge in [0.05, 0.1) is 18.1 Å². The minimum Gasteiger partial charge on any atom is -0.496 e. The lowest BCUT2D eigenvalue weighted by Crippen LogP contribution is -2.25. The van der Waals surface area contributed by atoms with Crippen LogP contribution in [0.4, 0.5) is 11.4 Å². The van der Waals surface area contributed by atoms with E-state index in [1.807, 2.05) is 0 Å². The maximum Gasteiger partial charge on any atom is 0.323 e. The van der Waals surface area contributed by atoms with Crippen LogP contribution in [0.2, 0.25) is 0 Å². The third kappa shape index (κ3) is 3.07. The Morgan fingerprint density at radius 2 is 2.24 bits per heavy atom. The molecule has 0 radical (unpaired) electrons. The molecule has 0 saturated carbocycles. The summed E-state index contributed by atoms with van der Waals surface area (Å²) < 4.78 is 4.88. The average molecular weight is 240 g/mol. The lowest BCUT2D eigenvalue weighted by Gasteiger charge is -2.16. The van der Waals surface area contributed by atoms with Crippen LogP contribution in [0.5, 0.6) is 5.75 Å². The molecule has 0 aliphatic heterocycles. The number of likely N-dealkylation sites (N-methyl/N-ethyl adjacent to an activating group) is 1. The molecule has 0 spiro atoms. The van der Waals surface area contributed by atoms with Gasteiger partial charge in [0.15, 0.2) is 0 Å². The third-order valence-corrected chi connectivity index (χ3v) is 2.16. The first-order valence-corrected chi connectivity index (χ1v) is 4.71. The standard InChI is InChI=1S/C10H12N2O5/c1-11(6-10(13)14)8-4-3-7(17-2)5-9(8)12(15)16/h3-5H,6H2,1-2H3,(H,13,14). The zero-order chi connectivity index (χ0) is 13.0. The van der Waals surface area contributed by atoms with E-state index in [2.05, 4.69) is 0 Å². The summed E-state index contributed by atoms with van der Waals surface area (Å²) in [6.07, 6.45) is 0. The Hall–Kier alpha value is -2.31. The summed E-state index contributed by atoms with van der Waals surface area (Å²) >= 11 is 0. The maximum atomic E-state index is 10.9. The predicted molar refractivity (Wildman–Crippen MR) is 60.6 cm³/mol. The summed E-state index contributed by atoms with van der Waals surface area (Å²) in [5.74, 6) is -0.707. The minimum atomic E-state index is -1.06. The highest BCUT2D eigenvalue weighted by atomic mass is 16.6. The van der Waals surface area contributed by atoms with Crippen LogP contribution in [-0.4, -0.2) is 36.7 Å². The van der Waals surface area contributed by atoms with Gasteiger partial charge in [0, 0.05) is 7.05 Å². The van der Waals surface area contributed by atoms with Crippen molar-refractivity contribution in [3.63, 3.8) is 0 Å². The van der Waals surface area contributed by atoms with Gasteiger partial charge in [-0.1, -0.05) is 0 Å². The summed E-state index contributed by atoms with van der Waals surface area (Å²) in [4.78, 5) is 22.1. The van der Waals surface area contributed by atoms with Gasteiger partial charge < -0.3 is 14.7 Å². The number of nitrogens with zero attached hydrogens (tertiary/aromatic N) is 2. The van der Waals surface area contributed by atoms with E-state index in [0.717, 1.165) is 0 Å². The fraction of sp³-hybridized carbons (Fsp3) is 0.300. The minimum absolute atomic E-state index is 0.187. The van der Waals surface area contributed by atoms with Crippen LogP contribution in [0.25, 0.3) is 0 Å². The topological polar surface area (TPSA) is 92.9 Å². The number of nitro groups is 1. The molecule has 0 aliphatic carbocycles. The van der Waals surface area contributed by atoms with E-state index >= 15 is 0 Å². The van der Waals surface area contributed by atoms with Crippen molar-refractivity contribution in [3.8, 4) is 5.75 Å². The van der Waals surface area contributed by atoms with Gasteiger partial charge in [-0.3, -0.25) is 14.9 Å². The van der Waals surface area contributed by atoms with Gasteiger partial charge in [-0.15, -0.1) is 0 Å². The molecular weight excluding hydrogens is 228 g/mol. The fourth-order valence-electron chi connectivity index (χ4n) is 1.39. The van der Waals surface area contributed by atoms with Crippen LogP contribution in [0.3, 0.4) is 0 Å². The number of carboxylic acids is 1. The second kappa shape index (κ2) is 5.15. The van der Waals surface area contributed by atoms with Gasteiger partial charge >= 0.3 is 5.97 Å². The first kappa shape index (κ1) is 12.8. The van der Waals surface area contributed by atoms with Gasteiger partial charge in [-0.05, 0) is 12.1 Å². The van der Waals surface area contributed by atoms with Gasteiger partial charge in [0.2, 0.25) is 0 Å². The molecule has 0 aromatic heterocycles. The second-order valence-corrected chi connectivity index (χ2v) is 3.36. The van der Waals surface area contributed by atoms with E-state index in [1.165, 1.54) is 31.2 Å². The van der Waals surface area contributed by atoms with E-state index in [-0.39, 0.29) is 17.9 Å². The molecule has 0 atom stereocenters. The molecule has 7 heteroatoms. The Morgan fingerprint density at radius 3 is 2.71 bits per heavy atom. The Labute approximate surface area is 97.4 Å². The highest BCUT2D eigenvalue weighted by Gasteiger charge is 2.19. The van der Waals surface area contributed by atoms with E-state index < -0.39 is 10.9 Å². The van der Waals surface area contributed by atoms with E-state index in [9.17, 15) is 14.9 Å². The molecule has 0 amide bonds. The number of carboxylic acid groups (broad SMARTS) is 1. The number of carbonyl (C=O) groups is 1. The normalized spacial score (nSPS) is 9.76. The Bertz CT molecular complexity index is 446. The fourth-order valence-corrected chi connectivity index (χ4v) is 1.39. The highest BCUT2D eigenvalue weighted by Crippen LogP contribution is 2.31. The number of ether oxygens (including phenoxy) is 1. The lowest BCUT2D eigenvalue weighted by atomic mass is 10.2. The number of anilines is 1. The number of nitro benzene ring substituents is 1. The monoisotopic (exact) mass is 240 g/mol. The SMILES string of the molecule is COc1ccc(N(C)CC(=O)O)c([N+](=O)[O-])c1. The van der Waals surface area contributed by atoms with Crippen molar-refractivity contribution in [1.82, 2.24) is 0 Å². The molecular formula is C10H12N2O5. The van der Waals surface area contributed by atoms with Crippen LogP contribution in [0.1, 0.15) is 0 Å². The Morgan fingerprint density at radius 1 is 1.59 bits per heavy atom. The average Bonchev–Trinajstić information content (AvgIpc) is 2.27. The van der Waals surface area contributed by atoms with Crippen LogP contribution >= 0.6 is 0 Å². The number of rotatable bonds is 5. The van der Waals surface area contributed by atoms with Crippen LogP contribution in [-0.2, 0) is 4.79 Å². The molecule has 1 aromatic carbocycles.